The molecule has 1 atom stereocenters. The Balaban J connectivity index is 4.16. The first-order chi connectivity index (χ1) is 4.27. The van der Waals surface area contributed by atoms with Crippen molar-refractivity contribution >= 4 is 19.4 Å². The Morgan fingerprint density at radius 1 is 1.60 bits per heavy atom. The van der Waals surface area contributed by atoms with E-state index < -0.39 is 15.6 Å². The van der Waals surface area contributed by atoms with Gasteiger partial charge in [-0.3, -0.25) is 5.09 Å². The van der Waals surface area contributed by atoms with Crippen LogP contribution in [0, 0.1) is 0 Å². The summed E-state index contributed by atoms with van der Waals surface area (Å²) in [4.78, 5) is 0. The summed E-state index contributed by atoms with van der Waals surface area (Å²) in [5, 5.41) is 7.58. The van der Waals surface area contributed by atoms with Crippen LogP contribution in [0.4, 0.5) is 0 Å². The predicted octanol–water partition coefficient (Wildman–Crippen LogP) is -0.567. The maximum atomic E-state index is 10.5. The van der Waals surface area contributed by atoms with Crippen LogP contribution in [0.3, 0.4) is 0 Å². The molecule has 0 saturated heterocycles. The normalized spacial score (nSPS) is 13.6. The Morgan fingerprint density at radius 3 is 2.10 bits per heavy atom. The minimum Gasteiger partial charge on any atom is -0.294 e. The highest BCUT2D eigenvalue weighted by Gasteiger charge is 2.21. The smallest absolute Gasteiger partial charge is 0.210 e. The van der Waals surface area contributed by atoms with Gasteiger partial charge in [0.2, 0.25) is 10.0 Å². The van der Waals surface area contributed by atoms with Gasteiger partial charge in [-0.05, 0) is 13.8 Å². The summed E-state index contributed by atoms with van der Waals surface area (Å²) in [6, 6.07) is 0. The quantitative estimate of drug-likeness (QED) is 0.577. The molecule has 0 heterocycles. The molecule has 62 valence electrons. The van der Waals surface area contributed by atoms with Crippen molar-refractivity contribution in [1.82, 2.24) is 5.09 Å². The van der Waals surface area contributed by atoms with E-state index in [1.54, 1.807) is 13.8 Å². The Kier molecular flexibility index (Phi) is 3.23. The molecule has 6 heteroatoms. The van der Waals surface area contributed by atoms with E-state index in [2.05, 4.69) is 14.5 Å². The Bertz CT molecular complexity index is 199. The molecule has 0 aromatic rings. The molecule has 0 bridgehead atoms. The molecule has 4 nitrogen and oxygen atoms in total. The standard InChI is InChI=1S/C4H13N2O2PS/c1-4(2,6-9)3-10(5,7)8/h6H,3,9H2,1-2H3,(H2,5,7,8). The zero-order valence-corrected chi connectivity index (χ0v) is 8.06. The third-order valence-corrected chi connectivity index (χ3v) is 2.86. The van der Waals surface area contributed by atoms with Crippen LogP contribution in [-0.2, 0) is 10.0 Å². The van der Waals surface area contributed by atoms with Crippen molar-refractivity contribution in [3.63, 3.8) is 0 Å². The van der Waals surface area contributed by atoms with Crippen molar-refractivity contribution in [3.05, 3.63) is 0 Å². The Labute approximate surface area is 63.9 Å². The van der Waals surface area contributed by atoms with Crippen LogP contribution in [0.25, 0.3) is 0 Å². The van der Waals surface area contributed by atoms with Crippen molar-refractivity contribution in [1.29, 1.82) is 0 Å². The molecule has 0 aliphatic rings. The van der Waals surface area contributed by atoms with E-state index in [1.807, 2.05) is 0 Å². The van der Waals surface area contributed by atoms with Crippen molar-refractivity contribution in [2.24, 2.45) is 5.14 Å². The van der Waals surface area contributed by atoms with Crippen LogP contribution in [0.15, 0.2) is 0 Å². The lowest BCUT2D eigenvalue weighted by molar-refractivity contribution is 0.517. The molecule has 0 aliphatic carbocycles. The Hall–Kier alpha value is 0.300. The zero-order valence-electron chi connectivity index (χ0n) is 6.09. The van der Waals surface area contributed by atoms with E-state index in [0.29, 0.717) is 0 Å². The minimum absolute atomic E-state index is 0.0660. The van der Waals surface area contributed by atoms with Crippen molar-refractivity contribution < 1.29 is 8.42 Å². The summed E-state index contributed by atoms with van der Waals surface area (Å²) in [6.07, 6.45) is 0. The van der Waals surface area contributed by atoms with E-state index in [1.165, 1.54) is 0 Å². The first-order valence-corrected chi connectivity index (χ1v) is 5.04. The molecule has 0 fully saturated rings. The maximum Gasteiger partial charge on any atom is 0.210 e. The van der Waals surface area contributed by atoms with Gasteiger partial charge in [0.05, 0.1) is 5.75 Å². The van der Waals surface area contributed by atoms with Crippen LogP contribution in [0.5, 0.6) is 0 Å². The summed E-state index contributed by atoms with van der Waals surface area (Å²) in [5.74, 6) is -0.0660. The van der Waals surface area contributed by atoms with Crippen molar-refractivity contribution in [2.75, 3.05) is 5.75 Å². The molecule has 10 heavy (non-hydrogen) atoms. The molecule has 0 saturated carbocycles. The van der Waals surface area contributed by atoms with Gasteiger partial charge in [0.15, 0.2) is 0 Å². The van der Waals surface area contributed by atoms with Crippen molar-refractivity contribution in [3.8, 4) is 0 Å². The van der Waals surface area contributed by atoms with Gasteiger partial charge >= 0.3 is 0 Å². The second-order valence-electron chi connectivity index (χ2n) is 2.84. The molecule has 0 aliphatic heterocycles. The van der Waals surface area contributed by atoms with E-state index in [-0.39, 0.29) is 5.75 Å². The number of primary sulfonamides is 1. The SMILES string of the molecule is CC(C)(CS(N)(=O)=O)NP. The summed E-state index contributed by atoms with van der Waals surface area (Å²) in [5.41, 5.74) is -0.474. The highest BCUT2D eigenvalue weighted by molar-refractivity contribution is 7.89. The van der Waals surface area contributed by atoms with Gasteiger partial charge in [-0.1, -0.05) is 9.39 Å². The van der Waals surface area contributed by atoms with Gasteiger partial charge in [-0.25, -0.2) is 13.6 Å². The van der Waals surface area contributed by atoms with E-state index in [0.717, 1.165) is 0 Å². The fourth-order valence-electron chi connectivity index (χ4n) is 0.545. The molecule has 0 aromatic heterocycles. The lowest BCUT2D eigenvalue weighted by Crippen LogP contribution is -2.42. The second-order valence-corrected chi connectivity index (χ2v) is 4.74. The summed E-state index contributed by atoms with van der Waals surface area (Å²) in [7, 11) is -1.11. The average Bonchev–Trinajstić information content (AvgIpc) is 1.60. The third kappa shape index (κ3) is 5.11. The van der Waals surface area contributed by atoms with Crippen molar-refractivity contribution in [2.45, 2.75) is 19.4 Å². The fraction of sp³-hybridized carbons (Fsp3) is 1.00. The zero-order chi connectivity index (χ0) is 8.41. The number of hydrogen-bond acceptors (Lipinski definition) is 3. The highest BCUT2D eigenvalue weighted by Crippen LogP contribution is 2.05. The van der Waals surface area contributed by atoms with Gasteiger partial charge in [0.25, 0.3) is 0 Å². The van der Waals surface area contributed by atoms with Crippen LogP contribution in [0.2, 0.25) is 0 Å². The Morgan fingerprint density at radius 2 is 2.00 bits per heavy atom. The molecule has 0 radical (unpaired) electrons. The predicted molar refractivity (Wildman–Crippen MR) is 44.9 cm³/mol. The lowest BCUT2D eigenvalue weighted by atomic mass is 10.1. The average molecular weight is 184 g/mol. The second kappa shape index (κ2) is 3.13. The molecular formula is C4H13N2O2PS. The summed E-state index contributed by atoms with van der Waals surface area (Å²) < 4.78 is 21.1. The number of nitrogens with two attached hydrogens (primary N) is 1. The van der Waals surface area contributed by atoms with Crippen LogP contribution in [-0.4, -0.2) is 19.7 Å². The molecule has 3 N–H and O–H groups in total. The lowest BCUT2D eigenvalue weighted by Gasteiger charge is -2.21. The number of sulfonamides is 1. The molecule has 0 rings (SSSR count). The number of rotatable bonds is 3. The third-order valence-electron chi connectivity index (χ3n) is 0.953. The van der Waals surface area contributed by atoms with Gasteiger partial charge in [-0.2, -0.15) is 0 Å². The molecular weight excluding hydrogens is 171 g/mol. The fourth-order valence-corrected chi connectivity index (χ4v) is 1.88. The number of hydrogen-bond donors (Lipinski definition) is 2. The van der Waals surface area contributed by atoms with Gasteiger partial charge in [-0.15, -0.1) is 0 Å². The highest BCUT2D eigenvalue weighted by atomic mass is 32.2. The topological polar surface area (TPSA) is 72.2 Å². The molecule has 0 aromatic carbocycles. The van der Waals surface area contributed by atoms with Crippen LogP contribution >= 0.6 is 9.39 Å². The van der Waals surface area contributed by atoms with Crippen LogP contribution < -0.4 is 10.2 Å². The first kappa shape index (κ1) is 10.3. The van der Waals surface area contributed by atoms with E-state index in [4.69, 9.17) is 5.14 Å². The first-order valence-electron chi connectivity index (χ1n) is 2.75. The molecule has 0 spiro atoms. The molecule has 0 amide bonds. The monoisotopic (exact) mass is 184 g/mol. The van der Waals surface area contributed by atoms with E-state index >= 15 is 0 Å². The van der Waals surface area contributed by atoms with E-state index in [9.17, 15) is 8.42 Å². The number of nitrogens with one attached hydrogen (secondary N) is 1. The summed E-state index contributed by atoms with van der Waals surface area (Å²) >= 11 is 0. The molecule has 1 unspecified atom stereocenters. The maximum absolute atomic E-state index is 10.5. The van der Waals surface area contributed by atoms with Gasteiger partial charge in [0, 0.05) is 5.54 Å². The summed E-state index contributed by atoms with van der Waals surface area (Å²) in [6.45, 7) is 3.51. The van der Waals surface area contributed by atoms with Gasteiger partial charge in [0.1, 0.15) is 0 Å². The van der Waals surface area contributed by atoms with Gasteiger partial charge < -0.3 is 0 Å². The largest absolute Gasteiger partial charge is 0.294 e. The minimum atomic E-state index is -3.37. The van der Waals surface area contributed by atoms with Crippen LogP contribution in [0.1, 0.15) is 13.8 Å².